The van der Waals surface area contributed by atoms with Crippen molar-refractivity contribution in [1.29, 1.82) is 0 Å². The lowest BCUT2D eigenvalue weighted by atomic mass is 10.1. The molecular formula is C14H16N2OS2. The van der Waals surface area contributed by atoms with E-state index < -0.39 is 0 Å². The van der Waals surface area contributed by atoms with Crippen molar-refractivity contribution in [3.05, 3.63) is 36.0 Å². The number of rotatable bonds is 3. The lowest BCUT2D eigenvalue weighted by Gasteiger charge is -2.21. The van der Waals surface area contributed by atoms with Gasteiger partial charge in [-0.2, -0.15) is 23.5 Å². The van der Waals surface area contributed by atoms with Crippen molar-refractivity contribution in [2.45, 2.75) is 5.25 Å². The molecule has 3 nitrogen and oxygen atoms in total. The zero-order chi connectivity index (χ0) is 13.1. The molecule has 5 heteroatoms. The molecule has 3 rings (SSSR count). The maximum atomic E-state index is 12.1. The van der Waals surface area contributed by atoms with Crippen LogP contribution >= 0.6 is 23.5 Å². The highest BCUT2D eigenvalue weighted by Crippen LogP contribution is 2.23. The summed E-state index contributed by atoms with van der Waals surface area (Å²) in [7, 11) is 0. The number of nitrogens with one attached hydrogen (secondary N) is 2. The highest BCUT2D eigenvalue weighted by molar-refractivity contribution is 8.06. The van der Waals surface area contributed by atoms with Crippen molar-refractivity contribution in [3.8, 4) is 0 Å². The standard InChI is InChI=1S/C14H16N2OS2/c17-14(16-8-12-9-18-5-6-19-12)11-2-1-10-3-4-15-13(10)7-11/h1-4,7,12,15H,5-6,8-9H2,(H,16,17). The maximum absolute atomic E-state index is 12.1. The minimum Gasteiger partial charge on any atom is -0.361 e. The number of thioether (sulfide) groups is 2. The Morgan fingerprint density at radius 2 is 2.32 bits per heavy atom. The molecule has 2 aromatic rings. The molecule has 1 saturated heterocycles. The van der Waals surface area contributed by atoms with Crippen LogP contribution in [0.2, 0.25) is 0 Å². The van der Waals surface area contributed by atoms with Crippen molar-refractivity contribution in [1.82, 2.24) is 10.3 Å². The van der Waals surface area contributed by atoms with Gasteiger partial charge in [0.05, 0.1) is 0 Å². The molecule has 19 heavy (non-hydrogen) atoms. The second kappa shape index (κ2) is 5.92. The Balaban J connectivity index is 1.62. The zero-order valence-corrected chi connectivity index (χ0v) is 12.2. The third-order valence-electron chi connectivity index (χ3n) is 3.19. The first-order valence-corrected chi connectivity index (χ1v) is 8.58. The fourth-order valence-corrected chi connectivity index (χ4v) is 4.76. The number of fused-ring (bicyclic) bond motifs is 1. The van der Waals surface area contributed by atoms with Gasteiger partial charge in [-0.05, 0) is 23.6 Å². The Kier molecular flexibility index (Phi) is 4.03. The largest absolute Gasteiger partial charge is 0.361 e. The van der Waals surface area contributed by atoms with Gasteiger partial charge in [0.15, 0.2) is 0 Å². The third kappa shape index (κ3) is 3.09. The first kappa shape index (κ1) is 12.9. The van der Waals surface area contributed by atoms with Crippen LogP contribution in [0.1, 0.15) is 10.4 Å². The topological polar surface area (TPSA) is 44.9 Å². The second-order valence-corrected chi connectivity index (χ2v) is 7.12. The molecule has 1 fully saturated rings. The smallest absolute Gasteiger partial charge is 0.251 e. The molecule has 2 N–H and O–H groups in total. The number of carbonyl (C=O) groups is 1. The molecule has 100 valence electrons. The molecule has 0 radical (unpaired) electrons. The number of hydrogen-bond donors (Lipinski definition) is 2. The molecule has 1 aromatic heterocycles. The van der Waals surface area contributed by atoms with Gasteiger partial charge in [-0.25, -0.2) is 0 Å². The molecule has 1 atom stereocenters. The van der Waals surface area contributed by atoms with Crippen LogP contribution in [0.25, 0.3) is 10.9 Å². The van der Waals surface area contributed by atoms with Gasteiger partial charge in [0.1, 0.15) is 0 Å². The molecule has 1 aliphatic heterocycles. The van der Waals surface area contributed by atoms with E-state index in [1.165, 1.54) is 11.5 Å². The van der Waals surface area contributed by atoms with Crippen LogP contribution in [-0.4, -0.2) is 39.9 Å². The van der Waals surface area contributed by atoms with Crippen LogP contribution in [-0.2, 0) is 0 Å². The molecule has 0 saturated carbocycles. The number of hydrogen-bond acceptors (Lipinski definition) is 3. The summed E-state index contributed by atoms with van der Waals surface area (Å²) < 4.78 is 0. The van der Waals surface area contributed by atoms with Gasteiger partial charge < -0.3 is 10.3 Å². The van der Waals surface area contributed by atoms with Gasteiger partial charge in [0, 0.05) is 46.3 Å². The fourth-order valence-electron chi connectivity index (χ4n) is 2.15. The Morgan fingerprint density at radius 3 is 3.16 bits per heavy atom. The highest BCUT2D eigenvalue weighted by Gasteiger charge is 2.15. The lowest BCUT2D eigenvalue weighted by Crippen LogP contribution is -2.33. The molecule has 0 bridgehead atoms. The number of H-pyrrole nitrogens is 1. The van der Waals surface area contributed by atoms with E-state index in [-0.39, 0.29) is 5.91 Å². The summed E-state index contributed by atoms with van der Waals surface area (Å²) in [6.45, 7) is 0.763. The van der Waals surface area contributed by atoms with E-state index in [0.29, 0.717) is 5.25 Å². The van der Waals surface area contributed by atoms with Crippen molar-refractivity contribution in [2.24, 2.45) is 0 Å². The van der Waals surface area contributed by atoms with Crippen LogP contribution in [0, 0.1) is 0 Å². The number of amides is 1. The minimum absolute atomic E-state index is 0.0210. The summed E-state index contributed by atoms with van der Waals surface area (Å²) >= 11 is 3.94. The Bertz CT molecular complexity index is 576. The average molecular weight is 292 g/mol. The summed E-state index contributed by atoms with van der Waals surface area (Å²) in [5.74, 6) is 3.59. The van der Waals surface area contributed by atoms with Crippen molar-refractivity contribution in [3.63, 3.8) is 0 Å². The zero-order valence-electron chi connectivity index (χ0n) is 10.5. The van der Waals surface area contributed by atoms with E-state index in [1.807, 2.05) is 54.0 Å². The van der Waals surface area contributed by atoms with Crippen molar-refractivity contribution >= 4 is 40.3 Å². The van der Waals surface area contributed by atoms with E-state index in [4.69, 9.17) is 0 Å². The Hall–Kier alpha value is -1.07. The predicted molar refractivity (Wildman–Crippen MR) is 84.2 cm³/mol. The Morgan fingerprint density at radius 1 is 1.37 bits per heavy atom. The summed E-state index contributed by atoms with van der Waals surface area (Å²) in [6.07, 6.45) is 1.89. The van der Waals surface area contributed by atoms with Crippen LogP contribution in [0.4, 0.5) is 0 Å². The summed E-state index contributed by atoms with van der Waals surface area (Å²) in [4.78, 5) is 15.2. The van der Waals surface area contributed by atoms with E-state index in [0.717, 1.165) is 28.8 Å². The maximum Gasteiger partial charge on any atom is 0.251 e. The third-order valence-corrected chi connectivity index (χ3v) is 6.04. The SMILES string of the molecule is O=C(NCC1CSCCS1)c1ccc2cc[nH]c2c1. The van der Waals surface area contributed by atoms with Crippen molar-refractivity contribution < 1.29 is 4.79 Å². The second-order valence-electron chi connectivity index (χ2n) is 4.56. The quantitative estimate of drug-likeness (QED) is 0.914. The normalized spacial score (nSPS) is 19.5. The predicted octanol–water partition coefficient (Wildman–Crippen LogP) is 2.75. The van der Waals surface area contributed by atoms with Crippen LogP contribution in [0.15, 0.2) is 30.5 Å². The first-order valence-electron chi connectivity index (χ1n) is 6.37. The monoisotopic (exact) mass is 292 g/mol. The molecular weight excluding hydrogens is 276 g/mol. The summed E-state index contributed by atoms with van der Waals surface area (Å²) in [6, 6.07) is 7.78. The number of aromatic amines is 1. The van der Waals surface area contributed by atoms with E-state index in [9.17, 15) is 4.79 Å². The lowest BCUT2D eigenvalue weighted by molar-refractivity contribution is 0.0954. The molecule has 0 aliphatic carbocycles. The molecule has 0 spiro atoms. The molecule has 2 heterocycles. The van der Waals surface area contributed by atoms with E-state index in [1.54, 1.807) is 0 Å². The first-order chi connectivity index (χ1) is 9.33. The van der Waals surface area contributed by atoms with Gasteiger partial charge in [-0.3, -0.25) is 4.79 Å². The Labute approximate surface area is 120 Å². The summed E-state index contributed by atoms with van der Waals surface area (Å²) in [5.41, 5.74) is 1.73. The number of benzene rings is 1. The molecule has 1 aromatic carbocycles. The van der Waals surface area contributed by atoms with E-state index >= 15 is 0 Å². The van der Waals surface area contributed by atoms with Gasteiger partial charge in [-0.15, -0.1) is 0 Å². The fraction of sp³-hybridized carbons (Fsp3) is 0.357. The minimum atomic E-state index is 0.0210. The van der Waals surface area contributed by atoms with Crippen LogP contribution in [0.3, 0.4) is 0 Å². The van der Waals surface area contributed by atoms with Crippen LogP contribution < -0.4 is 5.32 Å². The van der Waals surface area contributed by atoms with Gasteiger partial charge in [0.2, 0.25) is 0 Å². The highest BCUT2D eigenvalue weighted by atomic mass is 32.2. The summed E-state index contributed by atoms with van der Waals surface area (Å²) in [5, 5.41) is 4.73. The van der Waals surface area contributed by atoms with Gasteiger partial charge >= 0.3 is 0 Å². The molecule has 1 unspecified atom stereocenters. The van der Waals surface area contributed by atoms with Crippen LogP contribution in [0.5, 0.6) is 0 Å². The van der Waals surface area contributed by atoms with Crippen molar-refractivity contribution in [2.75, 3.05) is 23.8 Å². The van der Waals surface area contributed by atoms with E-state index in [2.05, 4.69) is 10.3 Å². The number of aromatic nitrogens is 1. The van der Waals surface area contributed by atoms with Gasteiger partial charge in [-0.1, -0.05) is 6.07 Å². The molecule has 1 amide bonds. The number of carbonyl (C=O) groups excluding carboxylic acids is 1. The molecule has 1 aliphatic rings. The van der Waals surface area contributed by atoms with Gasteiger partial charge in [0.25, 0.3) is 5.91 Å². The average Bonchev–Trinajstić information content (AvgIpc) is 2.93.